The first kappa shape index (κ1) is 15.6. The van der Waals surface area contributed by atoms with Crippen LogP contribution in [0.4, 0.5) is 0 Å². The molecule has 0 spiro atoms. The van der Waals surface area contributed by atoms with Crippen LogP contribution in [0.1, 0.15) is 26.3 Å². The van der Waals surface area contributed by atoms with Gasteiger partial charge >= 0.3 is 0 Å². The van der Waals surface area contributed by atoms with Crippen LogP contribution in [0.15, 0.2) is 24.3 Å². The second kappa shape index (κ2) is 8.58. The summed E-state index contributed by atoms with van der Waals surface area (Å²) in [5.41, 5.74) is 0.836. The van der Waals surface area contributed by atoms with Gasteiger partial charge in [0.05, 0.1) is 12.7 Å². The van der Waals surface area contributed by atoms with Gasteiger partial charge in [-0.1, -0.05) is 31.8 Å². The maximum Gasteiger partial charge on any atom is 0.120 e. The van der Waals surface area contributed by atoms with E-state index in [9.17, 15) is 0 Å². The van der Waals surface area contributed by atoms with E-state index in [0.717, 1.165) is 11.3 Å². The van der Waals surface area contributed by atoms with Gasteiger partial charge in [-0.15, -0.1) is 0 Å². The third-order valence-corrected chi connectivity index (χ3v) is 2.82. The largest absolute Gasteiger partial charge is 0.491 e. The smallest absolute Gasteiger partial charge is 0.120 e. The second-order valence-electron chi connectivity index (χ2n) is 4.66. The Bertz CT molecular complexity index is 429. The lowest BCUT2D eigenvalue weighted by atomic mass is 10.1. The van der Waals surface area contributed by atoms with Gasteiger partial charge in [0, 0.05) is 5.56 Å². The Labute approximate surface area is 115 Å². The Balaban J connectivity index is 2.37. The number of hydrogen-bond donors (Lipinski definition) is 1. The van der Waals surface area contributed by atoms with Gasteiger partial charge in [0.15, 0.2) is 0 Å². The summed E-state index contributed by atoms with van der Waals surface area (Å²) in [4.78, 5) is 0. The first-order valence-corrected chi connectivity index (χ1v) is 6.57. The maximum atomic E-state index is 8.65. The Morgan fingerprint density at radius 2 is 2.00 bits per heavy atom. The molecule has 1 N–H and O–H groups in total. The van der Waals surface area contributed by atoms with Crippen LogP contribution in [-0.4, -0.2) is 31.0 Å². The van der Waals surface area contributed by atoms with Crippen molar-refractivity contribution in [3.05, 3.63) is 29.8 Å². The predicted octanol–water partition coefficient (Wildman–Crippen LogP) is 2.47. The summed E-state index contributed by atoms with van der Waals surface area (Å²) in [5, 5.41) is 8.65. The quantitative estimate of drug-likeness (QED) is 0.632. The molecule has 1 rings (SSSR count). The zero-order chi connectivity index (χ0) is 14.1. The number of benzene rings is 1. The summed E-state index contributed by atoms with van der Waals surface area (Å²) >= 11 is 0. The molecule has 3 nitrogen and oxygen atoms in total. The highest BCUT2D eigenvalue weighted by atomic mass is 16.5. The fraction of sp³-hybridized carbons (Fsp3) is 0.500. The monoisotopic (exact) mass is 262 g/mol. The van der Waals surface area contributed by atoms with Crippen LogP contribution in [0.5, 0.6) is 5.75 Å². The third kappa shape index (κ3) is 6.28. The number of aliphatic hydroxyl groups excluding tert-OH is 1. The molecule has 0 saturated carbocycles. The van der Waals surface area contributed by atoms with Crippen LogP contribution in [-0.2, 0) is 4.74 Å². The minimum atomic E-state index is -0.133. The Morgan fingerprint density at radius 3 is 2.68 bits per heavy atom. The Morgan fingerprint density at radius 1 is 1.21 bits per heavy atom. The molecule has 0 aliphatic carbocycles. The first-order valence-electron chi connectivity index (χ1n) is 6.57. The number of aliphatic hydroxyl groups is 1. The lowest BCUT2D eigenvalue weighted by Gasteiger charge is -2.16. The number of ether oxygens (including phenoxy) is 2. The summed E-state index contributed by atoms with van der Waals surface area (Å²) in [5.74, 6) is 6.74. The van der Waals surface area contributed by atoms with Crippen molar-refractivity contribution in [1.29, 1.82) is 0 Å². The minimum Gasteiger partial charge on any atom is -0.491 e. The van der Waals surface area contributed by atoms with E-state index in [1.54, 1.807) is 0 Å². The molecule has 104 valence electrons. The zero-order valence-corrected chi connectivity index (χ0v) is 11.8. The first-order chi connectivity index (χ1) is 9.13. The molecule has 0 bridgehead atoms. The van der Waals surface area contributed by atoms with Crippen LogP contribution in [0, 0.1) is 17.8 Å². The molecule has 1 aromatic rings. The van der Waals surface area contributed by atoms with Crippen molar-refractivity contribution in [3.8, 4) is 17.6 Å². The maximum absolute atomic E-state index is 8.65. The molecule has 0 aromatic heterocycles. The fourth-order valence-electron chi connectivity index (χ4n) is 1.39. The van der Waals surface area contributed by atoms with Crippen LogP contribution < -0.4 is 4.74 Å². The summed E-state index contributed by atoms with van der Waals surface area (Å²) in [6.45, 7) is 7.30. The van der Waals surface area contributed by atoms with Gasteiger partial charge in [0.2, 0.25) is 0 Å². The molecule has 0 fully saturated rings. The Hall–Kier alpha value is -1.50. The van der Waals surface area contributed by atoms with Gasteiger partial charge in [0.1, 0.15) is 19.0 Å². The van der Waals surface area contributed by atoms with Gasteiger partial charge in [-0.25, -0.2) is 0 Å². The second-order valence-corrected chi connectivity index (χ2v) is 4.66. The van der Waals surface area contributed by atoms with Crippen molar-refractivity contribution >= 4 is 0 Å². The van der Waals surface area contributed by atoms with Crippen molar-refractivity contribution in [3.63, 3.8) is 0 Å². The van der Waals surface area contributed by atoms with Crippen molar-refractivity contribution in [1.82, 2.24) is 0 Å². The number of rotatable bonds is 6. The van der Waals surface area contributed by atoms with Crippen molar-refractivity contribution in [2.45, 2.75) is 26.9 Å². The average Bonchev–Trinajstić information content (AvgIpc) is 2.41. The Kier molecular flexibility index (Phi) is 7.02. The standard InChI is InChI=1S/C16H22O3/c1-13(2)14(3)18-10-11-19-16-8-4-6-15(12-16)7-5-9-17/h4,6,8,12-14,17H,9-11H2,1-3H3. The normalized spacial score (nSPS) is 11.8. The molecule has 0 radical (unpaired) electrons. The molecule has 0 amide bonds. The molecule has 0 heterocycles. The molecule has 0 saturated heterocycles. The zero-order valence-electron chi connectivity index (χ0n) is 11.8. The fourth-order valence-corrected chi connectivity index (χ4v) is 1.39. The van der Waals surface area contributed by atoms with Gasteiger partial charge in [-0.3, -0.25) is 0 Å². The highest BCUT2D eigenvalue weighted by molar-refractivity contribution is 5.39. The molecule has 19 heavy (non-hydrogen) atoms. The van der Waals surface area contributed by atoms with Gasteiger partial charge in [-0.05, 0) is 31.0 Å². The van der Waals surface area contributed by atoms with Gasteiger partial charge in [0.25, 0.3) is 0 Å². The minimum absolute atomic E-state index is 0.133. The van der Waals surface area contributed by atoms with Crippen molar-refractivity contribution in [2.24, 2.45) is 5.92 Å². The van der Waals surface area contributed by atoms with Gasteiger partial charge < -0.3 is 14.6 Å². The third-order valence-electron chi connectivity index (χ3n) is 2.82. The topological polar surface area (TPSA) is 38.7 Å². The van der Waals surface area contributed by atoms with E-state index in [1.807, 2.05) is 24.3 Å². The molecular weight excluding hydrogens is 240 g/mol. The lowest BCUT2D eigenvalue weighted by molar-refractivity contribution is 0.0188. The van der Waals surface area contributed by atoms with Crippen molar-refractivity contribution < 1.29 is 14.6 Å². The summed E-state index contributed by atoms with van der Waals surface area (Å²) < 4.78 is 11.2. The van der Waals surface area contributed by atoms with E-state index in [0.29, 0.717) is 19.1 Å². The molecule has 3 heteroatoms. The number of hydrogen-bond acceptors (Lipinski definition) is 3. The van der Waals surface area contributed by atoms with Crippen LogP contribution in [0.3, 0.4) is 0 Å². The summed E-state index contributed by atoms with van der Waals surface area (Å²) in [6, 6.07) is 7.51. The lowest BCUT2D eigenvalue weighted by Crippen LogP contribution is -2.19. The van der Waals surface area contributed by atoms with Crippen LogP contribution >= 0.6 is 0 Å². The molecule has 1 unspecified atom stereocenters. The van der Waals surface area contributed by atoms with E-state index in [-0.39, 0.29) is 12.7 Å². The van der Waals surface area contributed by atoms with Crippen LogP contribution in [0.2, 0.25) is 0 Å². The average molecular weight is 262 g/mol. The van der Waals surface area contributed by atoms with E-state index in [4.69, 9.17) is 14.6 Å². The highest BCUT2D eigenvalue weighted by Gasteiger charge is 2.06. The molecule has 0 aliphatic heterocycles. The molecule has 1 atom stereocenters. The SMILES string of the molecule is CC(C)C(C)OCCOc1cccc(C#CCO)c1. The van der Waals surface area contributed by atoms with Gasteiger partial charge in [-0.2, -0.15) is 0 Å². The predicted molar refractivity (Wildman–Crippen MR) is 76.2 cm³/mol. The molecular formula is C16H22O3. The van der Waals surface area contributed by atoms with E-state index in [2.05, 4.69) is 32.6 Å². The highest BCUT2D eigenvalue weighted by Crippen LogP contribution is 2.12. The summed E-state index contributed by atoms with van der Waals surface area (Å²) in [6.07, 6.45) is 0.241. The van der Waals surface area contributed by atoms with Crippen LogP contribution in [0.25, 0.3) is 0 Å². The van der Waals surface area contributed by atoms with Crippen molar-refractivity contribution in [2.75, 3.05) is 19.8 Å². The summed E-state index contributed by atoms with van der Waals surface area (Å²) in [7, 11) is 0. The molecule has 0 aliphatic rings. The van der Waals surface area contributed by atoms with E-state index >= 15 is 0 Å². The van der Waals surface area contributed by atoms with E-state index in [1.165, 1.54) is 0 Å². The molecule has 1 aromatic carbocycles. The van der Waals surface area contributed by atoms with E-state index < -0.39 is 0 Å².